The summed E-state index contributed by atoms with van der Waals surface area (Å²) in [6, 6.07) is 12.1. The van der Waals surface area contributed by atoms with Crippen molar-refractivity contribution in [1.29, 1.82) is 5.26 Å². The average molecular weight is 364 g/mol. The molecule has 0 amide bonds. The highest BCUT2D eigenvalue weighted by Gasteiger charge is 2.16. The highest BCUT2D eigenvalue weighted by molar-refractivity contribution is 5.96. The number of fused-ring (bicyclic) bond motifs is 1. The quantitative estimate of drug-likeness (QED) is 0.647. The molecular weight excluding hydrogens is 348 g/mol. The Morgan fingerprint density at radius 1 is 1.07 bits per heavy atom. The van der Waals surface area contributed by atoms with Crippen molar-refractivity contribution in [3.63, 3.8) is 0 Å². The van der Waals surface area contributed by atoms with Gasteiger partial charge >= 0.3 is 11.9 Å². The molecule has 0 aliphatic carbocycles. The summed E-state index contributed by atoms with van der Waals surface area (Å²) in [6.07, 6.45) is 3.65. The minimum Gasteiger partial charge on any atom is -0.489 e. The number of nitriles is 1. The van der Waals surface area contributed by atoms with Crippen molar-refractivity contribution in [2.24, 2.45) is 0 Å². The fourth-order valence-corrected chi connectivity index (χ4v) is 2.73. The van der Waals surface area contributed by atoms with Crippen molar-refractivity contribution in [2.75, 3.05) is 14.2 Å². The van der Waals surface area contributed by atoms with Crippen molar-refractivity contribution in [3.8, 4) is 11.8 Å². The number of carbonyl (C=O) groups is 2. The molecule has 0 atom stereocenters. The van der Waals surface area contributed by atoms with Crippen LogP contribution in [0.1, 0.15) is 31.8 Å². The normalized spacial score (nSPS) is 10.3. The molecule has 27 heavy (non-hydrogen) atoms. The Labute approximate surface area is 155 Å². The maximum absolute atomic E-state index is 11.8. The van der Waals surface area contributed by atoms with Gasteiger partial charge in [-0.3, -0.25) is 0 Å². The standard InChI is InChI=1S/C20H16N2O5/c1-25-19(23)13-7-14(20(24)26-2)9-16(8-13)27-12-15-11-22-6-4-3-5-18(22)17(15)10-21/h3-9,11H,12H2,1-2H3. The highest BCUT2D eigenvalue weighted by Crippen LogP contribution is 2.23. The number of ether oxygens (including phenoxy) is 3. The molecule has 1 aromatic carbocycles. The molecule has 0 aliphatic heterocycles. The van der Waals surface area contributed by atoms with Crippen LogP contribution in [-0.4, -0.2) is 30.6 Å². The van der Waals surface area contributed by atoms with Gasteiger partial charge in [-0.2, -0.15) is 5.26 Å². The number of benzene rings is 1. The predicted octanol–water partition coefficient (Wildman–Crippen LogP) is 2.96. The molecular formula is C20H16N2O5. The summed E-state index contributed by atoms with van der Waals surface area (Å²) in [7, 11) is 2.50. The minimum atomic E-state index is -0.599. The van der Waals surface area contributed by atoms with Gasteiger partial charge in [0.1, 0.15) is 18.4 Å². The lowest BCUT2D eigenvalue weighted by molar-refractivity contribution is 0.0598. The van der Waals surface area contributed by atoms with Crippen molar-refractivity contribution in [3.05, 3.63) is 71.0 Å². The molecule has 2 aromatic heterocycles. The van der Waals surface area contributed by atoms with E-state index in [1.165, 1.54) is 32.4 Å². The second-order valence-electron chi connectivity index (χ2n) is 5.65. The van der Waals surface area contributed by atoms with Crippen molar-refractivity contribution in [2.45, 2.75) is 6.61 Å². The summed E-state index contributed by atoms with van der Waals surface area (Å²) in [5.74, 6) is -0.909. The van der Waals surface area contributed by atoms with Gasteiger partial charge in [0.25, 0.3) is 0 Å². The van der Waals surface area contributed by atoms with E-state index in [2.05, 4.69) is 6.07 Å². The number of aromatic nitrogens is 1. The topological polar surface area (TPSA) is 90.0 Å². The van der Waals surface area contributed by atoms with Crippen LogP contribution in [0.15, 0.2) is 48.8 Å². The maximum atomic E-state index is 11.8. The van der Waals surface area contributed by atoms with Crippen LogP contribution in [0.25, 0.3) is 5.52 Å². The number of hydrogen-bond acceptors (Lipinski definition) is 6. The third kappa shape index (κ3) is 3.60. The Morgan fingerprint density at radius 2 is 1.74 bits per heavy atom. The maximum Gasteiger partial charge on any atom is 0.338 e. The zero-order valence-electron chi connectivity index (χ0n) is 14.8. The van der Waals surface area contributed by atoms with Crippen molar-refractivity contribution >= 4 is 17.5 Å². The molecule has 0 fully saturated rings. The lowest BCUT2D eigenvalue weighted by Gasteiger charge is -2.09. The van der Waals surface area contributed by atoms with Crippen LogP contribution < -0.4 is 4.74 Å². The second kappa shape index (κ2) is 7.62. The molecule has 0 saturated carbocycles. The highest BCUT2D eigenvalue weighted by atomic mass is 16.5. The molecule has 3 aromatic rings. The molecule has 0 saturated heterocycles. The van der Waals surface area contributed by atoms with Gasteiger partial charge in [-0.05, 0) is 30.3 Å². The molecule has 7 heteroatoms. The Hall–Kier alpha value is -3.79. The third-order valence-electron chi connectivity index (χ3n) is 4.02. The number of rotatable bonds is 5. The van der Waals surface area contributed by atoms with E-state index >= 15 is 0 Å². The summed E-state index contributed by atoms with van der Waals surface area (Å²) >= 11 is 0. The number of methoxy groups -OCH3 is 2. The molecule has 3 rings (SSSR count). The van der Waals surface area contributed by atoms with Crippen LogP contribution in [0.3, 0.4) is 0 Å². The van der Waals surface area contributed by atoms with Crippen LogP contribution in [0.4, 0.5) is 0 Å². The first kappa shape index (κ1) is 18.0. The van der Waals surface area contributed by atoms with Crippen LogP contribution in [0.2, 0.25) is 0 Å². The van der Waals surface area contributed by atoms with Crippen LogP contribution in [0, 0.1) is 11.3 Å². The number of hydrogen-bond donors (Lipinski definition) is 0. The fourth-order valence-electron chi connectivity index (χ4n) is 2.73. The fraction of sp³-hybridized carbons (Fsp3) is 0.150. The summed E-state index contributed by atoms with van der Waals surface area (Å²) in [6.45, 7) is 0.0931. The molecule has 7 nitrogen and oxygen atoms in total. The van der Waals surface area contributed by atoms with Gasteiger partial charge in [-0.1, -0.05) is 6.07 Å². The van der Waals surface area contributed by atoms with Gasteiger partial charge in [0.15, 0.2) is 0 Å². The Bertz CT molecular complexity index is 1030. The Balaban J connectivity index is 1.93. The largest absolute Gasteiger partial charge is 0.489 e. The first-order valence-corrected chi connectivity index (χ1v) is 8.00. The molecule has 0 bridgehead atoms. The second-order valence-corrected chi connectivity index (χ2v) is 5.65. The molecule has 0 aliphatic rings. The average Bonchev–Trinajstić information content (AvgIpc) is 3.08. The Morgan fingerprint density at radius 3 is 2.33 bits per heavy atom. The predicted molar refractivity (Wildman–Crippen MR) is 95.6 cm³/mol. The zero-order valence-corrected chi connectivity index (χ0v) is 14.8. The first-order chi connectivity index (χ1) is 13.1. The summed E-state index contributed by atoms with van der Waals surface area (Å²) < 4.78 is 17.0. The lowest BCUT2D eigenvalue weighted by atomic mass is 10.1. The van der Waals surface area contributed by atoms with Gasteiger partial charge in [0, 0.05) is 18.0 Å². The minimum absolute atomic E-state index is 0.0931. The molecule has 0 unspecified atom stereocenters. The zero-order chi connectivity index (χ0) is 19.4. The van der Waals surface area contributed by atoms with E-state index in [-0.39, 0.29) is 23.5 Å². The SMILES string of the molecule is COC(=O)c1cc(OCc2cn3ccccc3c2C#N)cc(C(=O)OC)c1. The van der Waals surface area contributed by atoms with Crippen LogP contribution >= 0.6 is 0 Å². The van der Waals surface area contributed by atoms with E-state index in [9.17, 15) is 14.9 Å². The summed E-state index contributed by atoms with van der Waals surface area (Å²) in [4.78, 5) is 23.7. The number of esters is 2. The monoisotopic (exact) mass is 364 g/mol. The van der Waals surface area contributed by atoms with Crippen LogP contribution in [-0.2, 0) is 16.1 Å². The summed E-state index contributed by atoms with van der Waals surface area (Å²) in [5.41, 5.74) is 2.30. The number of nitrogens with zero attached hydrogens (tertiary/aromatic N) is 2. The van der Waals surface area contributed by atoms with Gasteiger partial charge in [-0.15, -0.1) is 0 Å². The number of carbonyl (C=O) groups excluding carboxylic acids is 2. The first-order valence-electron chi connectivity index (χ1n) is 8.00. The smallest absolute Gasteiger partial charge is 0.338 e. The van der Waals surface area contributed by atoms with E-state index in [0.717, 1.165) is 5.52 Å². The van der Waals surface area contributed by atoms with Gasteiger partial charge < -0.3 is 18.6 Å². The third-order valence-corrected chi connectivity index (χ3v) is 4.02. The molecule has 0 radical (unpaired) electrons. The van der Waals surface area contributed by atoms with E-state index in [1.54, 1.807) is 6.20 Å². The van der Waals surface area contributed by atoms with E-state index in [1.807, 2.05) is 28.8 Å². The van der Waals surface area contributed by atoms with Crippen LogP contribution in [0.5, 0.6) is 5.75 Å². The van der Waals surface area contributed by atoms with Gasteiger partial charge in [0.2, 0.25) is 0 Å². The van der Waals surface area contributed by atoms with Gasteiger partial charge in [0.05, 0.1) is 36.4 Å². The number of pyridine rings is 1. The van der Waals surface area contributed by atoms with Crippen molar-refractivity contribution < 1.29 is 23.8 Å². The Kier molecular flexibility index (Phi) is 5.08. The molecule has 0 N–H and O–H groups in total. The van der Waals surface area contributed by atoms with E-state index in [0.29, 0.717) is 11.1 Å². The van der Waals surface area contributed by atoms with Crippen molar-refractivity contribution in [1.82, 2.24) is 4.40 Å². The van der Waals surface area contributed by atoms with E-state index < -0.39 is 11.9 Å². The van der Waals surface area contributed by atoms with Gasteiger partial charge in [-0.25, -0.2) is 9.59 Å². The van der Waals surface area contributed by atoms with E-state index in [4.69, 9.17) is 14.2 Å². The summed E-state index contributed by atoms with van der Waals surface area (Å²) in [5, 5.41) is 9.46. The lowest BCUT2D eigenvalue weighted by Crippen LogP contribution is -2.08. The molecule has 2 heterocycles. The molecule has 136 valence electrons. The molecule has 0 spiro atoms.